The van der Waals surface area contributed by atoms with Gasteiger partial charge >= 0.3 is 0 Å². The summed E-state index contributed by atoms with van der Waals surface area (Å²) in [5, 5.41) is 10.6. The molecule has 0 aromatic heterocycles. The maximum atomic E-state index is 13.1. The van der Waals surface area contributed by atoms with Gasteiger partial charge in [0, 0.05) is 44.0 Å². The van der Waals surface area contributed by atoms with E-state index < -0.39 is 16.1 Å². The van der Waals surface area contributed by atoms with Crippen molar-refractivity contribution in [1.29, 1.82) is 0 Å². The van der Waals surface area contributed by atoms with Crippen LogP contribution in [-0.2, 0) is 16.2 Å². The molecule has 13 heteroatoms. The van der Waals surface area contributed by atoms with Crippen LogP contribution in [0, 0.1) is 17.3 Å². The van der Waals surface area contributed by atoms with Crippen LogP contribution in [0.3, 0.4) is 0 Å². The van der Waals surface area contributed by atoms with Crippen LogP contribution in [0.4, 0.5) is 16.2 Å². The summed E-state index contributed by atoms with van der Waals surface area (Å²) in [6, 6.07) is 19.9. The number of benzene rings is 3. The molecule has 2 heterocycles. The standard InChI is InChI=1S/C29H24I2N4O6S/c30-23-14-20(15-24(31)27(23)41-18-19-5-4-8-22(13-19)35(39)40)16-25-28(37)34(29(38)42-25)17-26(36)33-11-9-32(10-12-33)21-6-2-1-3-7-21/h1-8,13-16H,9-12,17-18H2/b25-16+. The van der Waals surface area contributed by atoms with Crippen molar-refractivity contribution in [3.8, 4) is 5.75 Å². The first-order valence-electron chi connectivity index (χ1n) is 12.9. The van der Waals surface area contributed by atoms with Crippen molar-refractivity contribution in [2.45, 2.75) is 6.61 Å². The van der Waals surface area contributed by atoms with E-state index in [1.54, 1.807) is 23.1 Å². The number of piperazine rings is 1. The highest BCUT2D eigenvalue weighted by molar-refractivity contribution is 14.1. The number of ether oxygens (including phenoxy) is 1. The third-order valence-electron chi connectivity index (χ3n) is 6.74. The van der Waals surface area contributed by atoms with Gasteiger partial charge in [-0.15, -0.1) is 0 Å². The molecular weight excluding hydrogens is 786 g/mol. The van der Waals surface area contributed by atoms with Gasteiger partial charge in [0.15, 0.2) is 0 Å². The lowest BCUT2D eigenvalue weighted by Gasteiger charge is -2.36. The van der Waals surface area contributed by atoms with Gasteiger partial charge in [0.05, 0.1) is 17.0 Å². The van der Waals surface area contributed by atoms with Crippen molar-refractivity contribution in [2.75, 3.05) is 37.6 Å². The second-order valence-electron chi connectivity index (χ2n) is 9.50. The zero-order valence-electron chi connectivity index (χ0n) is 22.1. The summed E-state index contributed by atoms with van der Waals surface area (Å²) in [4.78, 5) is 54.5. The molecule has 2 aliphatic heterocycles. The van der Waals surface area contributed by atoms with Crippen LogP contribution in [0.5, 0.6) is 5.75 Å². The molecule has 0 saturated carbocycles. The van der Waals surface area contributed by atoms with Crippen LogP contribution in [0.2, 0.25) is 0 Å². The number of nitro groups is 1. The molecule has 3 amide bonds. The van der Waals surface area contributed by atoms with Gasteiger partial charge in [-0.1, -0.05) is 30.3 Å². The topological polar surface area (TPSA) is 113 Å². The first kappa shape index (κ1) is 30.3. The maximum absolute atomic E-state index is 13.1. The summed E-state index contributed by atoms with van der Waals surface area (Å²) in [5.41, 5.74) is 2.48. The molecule has 10 nitrogen and oxygen atoms in total. The van der Waals surface area contributed by atoms with Crippen LogP contribution in [0.1, 0.15) is 11.1 Å². The Morgan fingerprint density at radius 3 is 2.33 bits per heavy atom. The number of thioether (sulfide) groups is 1. The fourth-order valence-corrected chi connectivity index (χ4v) is 7.56. The number of anilines is 1. The third kappa shape index (κ3) is 7.06. The molecule has 2 fully saturated rings. The average molecular weight is 810 g/mol. The second-order valence-corrected chi connectivity index (χ2v) is 12.8. The van der Waals surface area contributed by atoms with Gasteiger partial charge in [0.1, 0.15) is 18.9 Å². The maximum Gasteiger partial charge on any atom is 0.294 e. The van der Waals surface area contributed by atoms with E-state index in [4.69, 9.17) is 4.74 Å². The molecule has 216 valence electrons. The lowest BCUT2D eigenvalue weighted by molar-refractivity contribution is -0.384. The van der Waals surface area contributed by atoms with Crippen LogP contribution < -0.4 is 9.64 Å². The number of halogens is 2. The number of nitrogens with zero attached hydrogens (tertiary/aromatic N) is 4. The number of carbonyl (C=O) groups is 3. The van der Waals surface area contributed by atoms with E-state index in [1.165, 1.54) is 12.1 Å². The summed E-state index contributed by atoms with van der Waals surface area (Å²) in [6.07, 6.45) is 1.64. The van der Waals surface area contributed by atoms with Crippen LogP contribution in [-0.4, -0.2) is 64.5 Å². The summed E-state index contributed by atoms with van der Waals surface area (Å²) >= 11 is 5.07. The second kappa shape index (κ2) is 13.4. The highest BCUT2D eigenvalue weighted by atomic mass is 127. The van der Waals surface area contributed by atoms with E-state index >= 15 is 0 Å². The smallest absolute Gasteiger partial charge is 0.294 e. The van der Waals surface area contributed by atoms with Gasteiger partial charge in [-0.25, -0.2) is 0 Å². The SMILES string of the molecule is O=C(CN1C(=O)S/C(=C/c2cc(I)c(OCc3cccc([N+](=O)[O-])c3)c(I)c2)C1=O)N1CCN(c2ccccc2)CC1. The molecular formula is C29H24I2N4O6S. The number of imide groups is 1. The van der Waals surface area contributed by atoms with E-state index in [9.17, 15) is 24.5 Å². The fourth-order valence-electron chi connectivity index (χ4n) is 4.59. The third-order valence-corrected chi connectivity index (χ3v) is 9.25. The van der Waals surface area contributed by atoms with E-state index in [-0.39, 0.29) is 29.7 Å². The molecule has 0 unspecified atom stereocenters. The molecule has 2 saturated heterocycles. The van der Waals surface area contributed by atoms with Gasteiger partial charge in [-0.2, -0.15) is 0 Å². The normalized spacial score (nSPS) is 16.3. The number of nitro benzene ring substituents is 1. The van der Waals surface area contributed by atoms with E-state index in [0.717, 1.165) is 29.5 Å². The molecule has 3 aromatic carbocycles. The molecule has 0 atom stereocenters. The number of para-hydroxylation sites is 1. The van der Waals surface area contributed by atoms with Gasteiger partial charge in [0.2, 0.25) is 5.91 Å². The van der Waals surface area contributed by atoms with Crippen molar-refractivity contribution in [3.05, 3.63) is 100 Å². The highest BCUT2D eigenvalue weighted by Gasteiger charge is 2.37. The largest absolute Gasteiger partial charge is 0.487 e. The molecule has 0 bridgehead atoms. The first-order valence-corrected chi connectivity index (χ1v) is 15.9. The Morgan fingerprint density at radius 1 is 0.976 bits per heavy atom. The fraction of sp³-hybridized carbons (Fsp3) is 0.207. The average Bonchev–Trinajstić information content (AvgIpc) is 3.24. The van der Waals surface area contributed by atoms with Crippen molar-refractivity contribution >= 4 is 91.4 Å². The number of rotatable bonds is 8. The molecule has 0 spiro atoms. The number of non-ortho nitro benzene ring substituents is 1. The molecule has 0 aliphatic carbocycles. The Bertz CT molecular complexity index is 1550. The van der Waals surface area contributed by atoms with Gasteiger partial charge < -0.3 is 14.5 Å². The van der Waals surface area contributed by atoms with Crippen LogP contribution >= 0.6 is 56.9 Å². The van der Waals surface area contributed by atoms with Crippen molar-refractivity contribution < 1.29 is 24.0 Å². The summed E-state index contributed by atoms with van der Waals surface area (Å²) < 4.78 is 7.52. The predicted molar refractivity (Wildman–Crippen MR) is 177 cm³/mol. The molecule has 42 heavy (non-hydrogen) atoms. The minimum absolute atomic E-state index is 0.00267. The molecule has 0 N–H and O–H groups in total. The summed E-state index contributed by atoms with van der Waals surface area (Å²) in [7, 11) is 0. The van der Waals surface area contributed by atoms with Crippen molar-refractivity contribution in [2.24, 2.45) is 0 Å². The lowest BCUT2D eigenvalue weighted by atomic mass is 10.2. The quantitative estimate of drug-likeness (QED) is 0.122. The first-order chi connectivity index (χ1) is 20.2. The van der Waals surface area contributed by atoms with Crippen molar-refractivity contribution in [3.63, 3.8) is 0 Å². The van der Waals surface area contributed by atoms with E-state index in [0.29, 0.717) is 43.1 Å². The number of amides is 3. The monoisotopic (exact) mass is 810 g/mol. The minimum atomic E-state index is -0.489. The van der Waals surface area contributed by atoms with Crippen molar-refractivity contribution in [1.82, 2.24) is 9.80 Å². The Labute approximate surface area is 273 Å². The highest BCUT2D eigenvalue weighted by Crippen LogP contribution is 2.35. The Hall–Kier alpha value is -3.18. The number of hydrogen-bond donors (Lipinski definition) is 0. The van der Waals surface area contributed by atoms with Crippen LogP contribution in [0.25, 0.3) is 6.08 Å². The summed E-state index contributed by atoms with van der Waals surface area (Å²) in [5.74, 6) is -0.121. The molecule has 0 radical (unpaired) electrons. The van der Waals surface area contributed by atoms with Gasteiger partial charge in [-0.05, 0) is 98.4 Å². The van der Waals surface area contributed by atoms with Gasteiger partial charge in [-0.3, -0.25) is 29.4 Å². The molecule has 3 aromatic rings. The number of carbonyl (C=O) groups excluding carboxylic acids is 3. The van der Waals surface area contributed by atoms with Gasteiger partial charge in [0.25, 0.3) is 16.8 Å². The molecule has 2 aliphatic rings. The predicted octanol–water partition coefficient (Wildman–Crippen LogP) is 5.77. The number of hydrogen-bond acceptors (Lipinski definition) is 8. The summed E-state index contributed by atoms with van der Waals surface area (Å²) in [6.45, 7) is 2.27. The van der Waals surface area contributed by atoms with E-state index in [1.807, 2.05) is 42.5 Å². The molecule has 5 rings (SSSR count). The Kier molecular flexibility index (Phi) is 9.67. The minimum Gasteiger partial charge on any atom is -0.487 e. The lowest BCUT2D eigenvalue weighted by Crippen LogP contribution is -2.51. The zero-order chi connectivity index (χ0) is 29.8. The Balaban J connectivity index is 1.20. The zero-order valence-corrected chi connectivity index (χ0v) is 27.2. The Morgan fingerprint density at radius 2 is 1.67 bits per heavy atom. The van der Waals surface area contributed by atoms with E-state index in [2.05, 4.69) is 50.1 Å². The van der Waals surface area contributed by atoms with Crippen LogP contribution in [0.15, 0.2) is 71.6 Å².